The number of benzene rings is 2. The molecule has 25 heavy (non-hydrogen) atoms. The number of carbonyl (C=O) groups is 2. The highest BCUT2D eigenvalue weighted by Gasteiger charge is 2.14. The molecule has 1 atom stereocenters. The fourth-order valence-electron chi connectivity index (χ4n) is 2.53. The van der Waals surface area contributed by atoms with Crippen LogP contribution in [0.15, 0.2) is 42.5 Å². The lowest BCUT2D eigenvalue weighted by atomic mass is 10.0. The zero-order valence-corrected chi connectivity index (χ0v) is 14.7. The second-order valence-electron chi connectivity index (χ2n) is 5.74. The number of nitrogens with one attached hydrogen (secondary N) is 1. The van der Waals surface area contributed by atoms with E-state index in [9.17, 15) is 9.59 Å². The lowest BCUT2D eigenvalue weighted by molar-refractivity contribution is -0.144. The fraction of sp³-hybridized carbons (Fsp3) is 0.300. The lowest BCUT2D eigenvalue weighted by Gasteiger charge is -2.15. The van der Waals surface area contributed by atoms with Gasteiger partial charge in [-0.2, -0.15) is 0 Å². The maximum atomic E-state index is 12.5. The summed E-state index contributed by atoms with van der Waals surface area (Å²) >= 11 is 0. The number of aliphatic carboxylic acids is 1. The Labute approximate surface area is 147 Å². The Morgan fingerprint density at radius 3 is 2.08 bits per heavy atom. The number of carboxylic acids is 1. The first-order valence-electron chi connectivity index (χ1n) is 8.37. The monoisotopic (exact) mass is 341 g/mol. The summed E-state index contributed by atoms with van der Waals surface area (Å²) in [5.74, 6) is -0.826. The fourth-order valence-corrected chi connectivity index (χ4v) is 2.53. The molecule has 0 unspecified atom stereocenters. The Kier molecular flexibility index (Phi) is 6.17. The van der Waals surface area contributed by atoms with Crippen LogP contribution >= 0.6 is 0 Å². The zero-order valence-electron chi connectivity index (χ0n) is 14.7. The van der Waals surface area contributed by atoms with Crippen LogP contribution in [0.2, 0.25) is 0 Å². The average molecular weight is 341 g/mol. The summed E-state index contributed by atoms with van der Waals surface area (Å²) in [5.41, 5.74) is 3.56. The number of carboxylic acid groups (broad SMARTS) is 1. The summed E-state index contributed by atoms with van der Waals surface area (Å²) in [7, 11) is 0. The number of para-hydroxylation sites is 1. The quantitative estimate of drug-likeness (QED) is 0.800. The molecule has 5 nitrogen and oxygen atoms in total. The van der Waals surface area contributed by atoms with Gasteiger partial charge in [0.2, 0.25) is 0 Å². The summed E-state index contributed by atoms with van der Waals surface area (Å²) < 4.78 is 5.27. The number of hydrogen-bond acceptors (Lipinski definition) is 3. The van der Waals surface area contributed by atoms with E-state index in [-0.39, 0.29) is 5.91 Å². The van der Waals surface area contributed by atoms with Crippen molar-refractivity contribution in [3.05, 3.63) is 59.2 Å². The third-order valence-electron chi connectivity index (χ3n) is 4.01. The molecular formula is C20H23NO4. The van der Waals surface area contributed by atoms with Gasteiger partial charge in [0.05, 0.1) is 0 Å². The molecule has 2 aromatic carbocycles. The molecule has 5 heteroatoms. The van der Waals surface area contributed by atoms with Crippen LogP contribution in [0.25, 0.3) is 0 Å². The summed E-state index contributed by atoms with van der Waals surface area (Å²) in [6.07, 6.45) is 0.732. The molecule has 0 aliphatic rings. The average Bonchev–Trinajstić information content (AvgIpc) is 2.62. The standard InChI is InChI=1S/C20H23NO4/c1-4-14-7-6-8-15(5-2)18(14)21-19(22)16-9-11-17(12-10-16)25-13(3)20(23)24/h6-13H,4-5H2,1-3H3,(H,21,22)(H,23,24)/t13-/m1/s1. The Bertz CT molecular complexity index is 731. The van der Waals surface area contributed by atoms with Crippen molar-refractivity contribution in [3.63, 3.8) is 0 Å². The van der Waals surface area contributed by atoms with Gasteiger partial charge in [0.15, 0.2) is 6.10 Å². The van der Waals surface area contributed by atoms with Gasteiger partial charge >= 0.3 is 5.97 Å². The van der Waals surface area contributed by atoms with Crippen molar-refractivity contribution in [3.8, 4) is 5.75 Å². The van der Waals surface area contributed by atoms with E-state index in [4.69, 9.17) is 9.84 Å². The van der Waals surface area contributed by atoms with Gasteiger partial charge in [-0.25, -0.2) is 4.79 Å². The highest BCUT2D eigenvalue weighted by molar-refractivity contribution is 6.05. The maximum Gasteiger partial charge on any atom is 0.344 e. The molecular weight excluding hydrogens is 318 g/mol. The Morgan fingerprint density at radius 1 is 1.04 bits per heavy atom. The number of carbonyl (C=O) groups excluding carboxylic acids is 1. The van der Waals surface area contributed by atoms with Crippen molar-refractivity contribution in [2.75, 3.05) is 5.32 Å². The molecule has 0 fully saturated rings. The number of aryl methyl sites for hydroxylation is 2. The van der Waals surface area contributed by atoms with E-state index in [2.05, 4.69) is 19.2 Å². The van der Waals surface area contributed by atoms with E-state index in [0.717, 1.165) is 29.7 Å². The van der Waals surface area contributed by atoms with Crippen LogP contribution in [0, 0.1) is 0 Å². The van der Waals surface area contributed by atoms with Gasteiger partial charge in [-0.1, -0.05) is 32.0 Å². The molecule has 0 aromatic heterocycles. The third-order valence-corrected chi connectivity index (χ3v) is 4.01. The van der Waals surface area contributed by atoms with Crippen LogP contribution in [-0.2, 0) is 17.6 Å². The number of rotatable bonds is 7. The first-order chi connectivity index (χ1) is 12.0. The predicted octanol–water partition coefficient (Wildman–Crippen LogP) is 3.92. The molecule has 132 valence electrons. The van der Waals surface area contributed by atoms with E-state index >= 15 is 0 Å². The normalized spacial score (nSPS) is 11.6. The molecule has 2 rings (SSSR count). The molecule has 2 N–H and O–H groups in total. The van der Waals surface area contributed by atoms with Gasteiger partial charge in [-0.15, -0.1) is 0 Å². The largest absolute Gasteiger partial charge is 0.479 e. The van der Waals surface area contributed by atoms with E-state index < -0.39 is 12.1 Å². The Hall–Kier alpha value is -2.82. The van der Waals surface area contributed by atoms with Crippen LogP contribution in [0.5, 0.6) is 5.75 Å². The van der Waals surface area contributed by atoms with Gasteiger partial charge in [0, 0.05) is 11.3 Å². The van der Waals surface area contributed by atoms with Gasteiger partial charge in [0.25, 0.3) is 5.91 Å². The maximum absolute atomic E-state index is 12.5. The Balaban J connectivity index is 2.15. The van der Waals surface area contributed by atoms with Crippen LogP contribution in [0.3, 0.4) is 0 Å². The minimum Gasteiger partial charge on any atom is -0.479 e. The highest BCUT2D eigenvalue weighted by atomic mass is 16.5. The second kappa shape index (κ2) is 8.33. The minimum atomic E-state index is -1.04. The van der Waals surface area contributed by atoms with Gasteiger partial charge in [0.1, 0.15) is 5.75 Å². The van der Waals surface area contributed by atoms with Gasteiger partial charge in [-0.3, -0.25) is 4.79 Å². The topological polar surface area (TPSA) is 75.6 Å². The van der Waals surface area contributed by atoms with Crippen molar-refractivity contribution in [1.29, 1.82) is 0 Å². The molecule has 0 bridgehead atoms. The molecule has 1 amide bonds. The number of hydrogen-bond donors (Lipinski definition) is 2. The van der Waals surface area contributed by atoms with Crippen molar-refractivity contribution >= 4 is 17.6 Å². The third kappa shape index (κ3) is 4.59. The molecule has 0 saturated heterocycles. The van der Waals surface area contributed by atoms with Crippen LogP contribution < -0.4 is 10.1 Å². The molecule has 0 radical (unpaired) electrons. The van der Waals surface area contributed by atoms with E-state index in [0.29, 0.717) is 11.3 Å². The zero-order chi connectivity index (χ0) is 18.4. The van der Waals surface area contributed by atoms with Gasteiger partial charge < -0.3 is 15.2 Å². The van der Waals surface area contributed by atoms with E-state index in [1.807, 2.05) is 18.2 Å². The molecule has 0 aliphatic carbocycles. The van der Waals surface area contributed by atoms with Crippen LogP contribution in [-0.4, -0.2) is 23.1 Å². The summed E-state index contributed by atoms with van der Waals surface area (Å²) in [4.78, 5) is 23.4. The summed E-state index contributed by atoms with van der Waals surface area (Å²) in [6, 6.07) is 12.5. The van der Waals surface area contributed by atoms with E-state index in [1.165, 1.54) is 6.92 Å². The SMILES string of the molecule is CCc1cccc(CC)c1NC(=O)c1ccc(O[C@H](C)C(=O)O)cc1. The van der Waals surface area contributed by atoms with Crippen LogP contribution in [0.1, 0.15) is 42.3 Å². The molecule has 0 saturated carbocycles. The van der Waals surface area contributed by atoms with E-state index in [1.54, 1.807) is 24.3 Å². The van der Waals surface area contributed by atoms with Crippen molar-refractivity contribution in [2.45, 2.75) is 39.7 Å². The number of ether oxygens (including phenoxy) is 1. The molecule has 0 spiro atoms. The van der Waals surface area contributed by atoms with Crippen molar-refractivity contribution < 1.29 is 19.4 Å². The smallest absolute Gasteiger partial charge is 0.344 e. The predicted molar refractivity (Wildman–Crippen MR) is 97.3 cm³/mol. The molecule has 0 aliphatic heterocycles. The highest BCUT2D eigenvalue weighted by Crippen LogP contribution is 2.24. The Morgan fingerprint density at radius 2 is 1.60 bits per heavy atom. The van der Waals surface area contributed by atoms with Crippen molar-refractivity contribution in [1.82, 2.24) is 0 Å². The molecule has 0 heterocycles. The van der Waals surface area contributed by atoms with Crippen molar-refractivity contribution in [2.24, 2.45) is 0 Å². The summed E-state index contributed by atoms with van der Waals surface area (Å²) in [6.45, 7) is 5.57. The summed E-state index contributed by atoms with van der Waals surface area (Å²) in [5, 5.41) is 11.9. The lowest BCUT2D eigenvalue weighted by Crippen LogP contribution is -2.22. The first kappa shape index (κ1) is 18.5. The first-order valence-corrected chi connectivity index (χ1v) is 8.37. The number of amides is 1. The van der Waals surface area contributed by atoms with Gasteiger partial charge in [-0.05, 0) is 55.2 Å². The molecule has 2 aromatic rings. The minimum absolute atomic E-state index is 0.201. The number of anilines is 1. The second-order valence-corrected chi connectivity index (χ2v) is 5.74. The van der Waals surface area contributed by atoms with Crippen LogP contribution in [0.4, 0.5) is 5.69 Å².